The maximum absolute atomic E-state index is 10.9. The summed E-state index contributed by atoms with van der Waals surface area (Å²) in [5, 5.41) is 8.94. The van der Waals surface area contributed by atoms with Gasteiger partial charge in [0.1, 0.15) is 0 Å². The van der Waals surface area contributed by atoms with Gasteiger partial charge in [0, 0.05) is 6.42 Å². The van der Waals surface area contributed by atoms with Gasteiger partial charge in [-0.1, -0.05) is 96.6 Å². The van der Waals surface area contributed by atoms with Gasteiger partial charge in [0.15, 0.2) is 0 Å². The second-order valence-electron chi connectivity index (χ2n) is 6.49. The molecule has 0 saturated heterocycles. The number of hydrogen-bond donors (Lipinski definition) is 1. The predicted molar refractivity (Wildman–Crippen MR) is 109 cm³/mol. The molecule has 1 aromatic rings. The number of rotatable bonds is 9. The molecule has 0 bridgehead atoms. The van der Waals surface area contributed by atoms with Gasteiger partial charge in [0.2, 0.25) is 0 Å². The number of aliphatic carboxylic acids is 1. The lowest BCUT2D eigenvalue weighted by Gasteiger charge is -2.17. The largest absolute Gasteiger partial charge is 0.481 e. The number of unbranched alkanes of at least 4 members (excludes halogenated alkanes) is 3. The molecule has 2 rings (SSSR count). The summed E-state index contributed by atoms with van der Waals surface area (Å²) in [6.45, 7) is 8.00. The third kappa shape index (κ3) is 11.0. The molecule has 0 heterocycles. The van der Waals surface area contributed by atoms with Crippen molar-refractivity contribution in [3.63, 3.8) is 0 Å². The van der Waals surface area contributed by atoms with Crippen LogP contribution in [-0.4, -0.2) is 11.1 Å². The van der Waals surface area contributed by atoms with Crippen molar-refractivity contribution in [3.8, 4) is 0 Å². The zero-order chi connectivity index (χ0) is 18.9. The van der Waals surface area contributed by atoms with E-state index in [-0.39, 0.29) is 0 Å². The van der Waals surface area contributed by atoms with E-state index in [0.717, 1.165) is 6.42 Å². The molecule has 0 aliphatic heterocycles. The van der Waals surface area contributed by atoms with E-state index in [1.165, 1.54) is 56.9 Å². The van der Waals surface area contributed by atoms with Gasteiger partial charge in [-0.15, -0.1) is 0 Å². The van der Waals surface area contributed by atoms with Gasteiger partial charge in [-0.25, -0.2) is 0 Å². The molecule has 144 valence electrons. The standard InChI is InChI=1S/C19H28O2.2C2H6/c20-19(21)15-18-14-8-13-17(18)12-7-2-1-4-9-16-10-5-3-6-11-16;2*1-2/h3,5-6,10-11,17-18H,1-2,4,7-9,12-15H2,(H,20,21);2*1-2H3/t17?,18-;;/m1../s1. The van der Waals surface area contributed by atoms with Crippen molar-refractivity contribution >= 4 is 5.97 Å². The average Bonchev–Trinajstić information content (AvgIpc) is 3.08. The first-order valence-corrected chi connectivity index (χ1v) is 10.5. The van der Waals surface area contributed by atoms with E-state index in [1.807, 2.05) is 27.7 Å². The SMILES string of the molecule is CC.CC.O=C(O)C[C@H]1CCCC1CCCCCCc1ccccc1. The van der Waals surface area contributed by atoms with Gasteiger partial charge in [-0.05, 0) is 36.7 Å². The normalized spacial score (nSPS) is 18.6. The van der Waals surface area contributed by atoms with Crippen LogP contribution in [0.5, 0.6) is 0 Å². The molecule has 0 spiro atoms. The minimum Gasteiger partial charge on any atom is -0.481 e. The Morgan fingerprint density at radius 2 is 1.52 bits per heavy atom. The average molecular weight is 349 g/mol. The number of carboxylic acid groups (broad SMARTS) is 1. The summed E-state index contributed by atoms with van der Waals surface area (Å²) in [6.07, 6.45) is 11.6. The summed E-state index contributed by atoms with van der Waals surface area (Å²) in [4.78, 5) is 10.9. The van der Waals surface area contributed by atoms with Crippen LogP contribution < -0.4 is 0 Å². The zero-order valence-corrected chi connectivity index (χ0v) is 17.0. The fourth-order valence-corrected chi connectivity index (χ4v) is 3.72. The van der Waals surface area contributed by atoms with Crippen LogP contribution in [-0.2, 0) is 11.2 Å². The van der Waals surface area contributed by atoms with Crippen LogP contribution >= 0.6 is 0 Å². The topological polar surface area (TPSA) is 37.3 Å². The first-order valence-electron chi connectivity index (χ1n) is 10.5. The van der Waals surface area contributed by atoms with E-state index >= 15 is 0 Å². The quantitative estimate of drug-likeness (QED) is 0.482. The Morgan fingerprint density at radius 1 is 0.920 bits per heavy atom. The second-order valence-corrected chi connectivity index (χ2v) is 6.49. The highest BCUT2D eigenvalue weighted by Crippen LogP contribution is 2.37. The van der Waals surface area contributed by atoms with Gasteiger partial charge in [-0.3, -0.25) is 4.79 Å². The summed E-state index contributed by atoms with van der Waals surface area (Å²) in [5.41, 5.74) is 1.44. The minimum atomic E-state index is -0.616. The van der Waals surface area contributed by atoms with E-state index in [9.17, 15) is 4.79 Å². The molecular weight excluding hydrogens is 308 g/mol. The molecular formula is C23H40O2. The molecule has 1 aliphatic carbocycles. The van der Waals surface area contributed by atoms with Gasteiger partial charge in [-0.2, -0.15) is 0 Å². The van der Waals surface area contributed by atoms with Crippen molar-refractivity contribution in [2.75, 3.05) is 0 Å². The molecule has 2 heteroatoms. The molecule has 1 fully saturated rings. The van der Waals surface area contributed by atoms with Crippen LogP contribution in [0.1, 0.15) is 91.0 Å². The van der Waals surface area contributed by atoms with E-state index in [0.29, 0.717) is 18.3 Å². The van der Waals surface area contributed by atoms with Gasteiger partial charge < -0.3 is 5.11 Å². The van der Waals surface area contributed by atoms with Crippen molar-refractivity contribution in [2.24, 2.45) is 11.8 Å². The van der Waals surface area contributed by atoms with Crippen molar-refractivity contribution < 1.29 is 9.90 Å². The Balaban J connectivity index is 0.00000134. The molecule has 0 amide bonds. The lowest BCUT2D eigenvalue weighted by Crippen LogP contribution is -2.12. The molecule has 1 aromatic carbocycles. The molecule has 1 unspecified atom stereocenters. The summed E-state index contributed by atoms with van der Waals surface area (Å²) in [5.74, 6) is 0.511. The summed E-state index contributed by atoms with van der Waals surface area (Å²) < 4.78 is 0. The van der Waals surface area contributed by atoms with Crippen LogP contribution in [0.4, 0.5) is 0 Å². The van der Waals surface area contributed by atoms with E-state index in [1.54, 1.807) is 0 Å². The predicted octanol–water partition coefficient (Wildman–Crippen LogP) is 7.12. The highest BCUT2D eigenvalue weighted by molar-refractivity contribution is 5.67. The van der Waals surface area contributed by atoms with Gasteiger partial charge >= 0.3 is 5.97 Å². The maximum atomic E-state index is 10.9. The molecule has 0 radical (unpaired) electrons. The van der Waals surface area contributed by atoms with Crippen LogP contribution in [0.3, 0.4) is 0 Å². The van der Waals surface area contributed by atoms with Crippen molar-refractivity contribution in [1.29, 1.82) is 0 Å². The van der Waals surface area contributed by atoms with Crippen LogP contribution in [0.2, 0.25) is 0 Å². The number of carboxylic acids is 1. The lowest BCUT2D eigenvalue weighted by atomic mass is 9.88. The van der Waals surface area contributed by atoms with E-state index in [4.69, 9.17) is 5.11 Å². The molecule has 25 heavy (non-hydrogen) atoms. The Bertz CT molecular complexity index is 413. The number of carbonyl (C=O) groups is 1. The van der Waals surface area contributed by atoms with E-state index < -0.39 is 5.97 Å². The minimum absolute atomic E-state index is 0.388. The van der Waals surface area contributed by atoms with Crippen molar-refractivity contribution in [3.05, 3.63) is 35.9 Å². The molecule has 1 aliphatic rings. The first-order chi connectivity index (χ1) is 12.3. The lowest BCUT2D eigenvalue weighted by molar-refractivity contribution is -0.138. The highest BCUT2D eigenvalue weighted by atomic mass is 16.4. The molecule has 1 saturated carbocycles. The number of benzene rings is 1. The van der Waals surface area contributed by atoms with Crippen molar-refractivity contribution in [1.82, 2.24) is 0 Å². The first kappa shape index (κ1) is 23.7. The fraction of sp³-hybridized carbons (Fsp3) is 0.696. The summed E-state index contributed by atoms with van der Waals surface area (Å²) >= 11 is 0. The molecule has 2 nitrogen and oxygen atoms in total. The monoisotopic (exact) mass is 348 g/mol. The molecule has 0 aromatic heterocycles. The Morgan fingerprint density at radius 3 is 2.16 bits per heavy atom. The van der Waals surface area contributed by atoms with Crippen molar-refractivity contribution in [2.45, 2.75) is 91.9 Å². The third-order valence-corrected chi connectivity index (χ3v) is 4.89. The summed E-state index contributed by atoms with van der Waals surface area (Å²) in [6, 6.07) is 10.7. The van der Waals surface area contributed by atoms with Crippen LogP contribution in [0.25, 0.3) is 0 Å². The maximum Gasteiger partial charge on any atom is 0.303 e. The van der Waals surface area contributed by atoms with Crippen LogP contribution in [0, 0.1) is 11.8 Å². The van der Waals surface area contributed by atoms with Gasteiger partial charge in [0.25, 0.3) is 0 Å². The van der Waals surface area contributed by atoms with E-state index in [2.05, 4.69) is 30.3 Å². The Kier molecular flexibility index (Phi) is 15.3. The third-order valence-electron chi connectivity index (χ3n) is 4.89. The van der Waals surface area contributed by atoms with Crippen LogP contribution in [0.15, 0.2) is 30.3 Å². The zero-order valence-electron chi connectivity index (χ0n) is 17.0. The molecule has 2 atom stereocenters. The smallest absolute Gasteiger partial charge is 0.303 e. The number of hydrogen-bond acceptors (Lipinski definition) is 1. The fourth-order valence-electron chi connectivity index (χ4n) is 3.72. The van der Waals surface area contributed by atoms with Gasteiger partial charge in [0.05, 0.1) is 0 Å². The number of aryl methyl sites for hydroxylation is 1. The summed E-state index contributed by atoms with van der Waals surface area (Å²) in [7, 11) is 0. The highest BCUT2D eigenvalue weighted by Gasteiger charge is 2.28. The Labute approximate surface area is 156 Å². The molecule has 1 N–H and O–H groups in total. The Hall–Kier alpha value is -1.31. The second kappa shape index (κ2) is 16.2.